The summed E-state index contributed by atoms with van der Waals surface area (Å²) >= 11 is 0. The Morgan fingerprint density at radius 3 is 2.57 bits per heavy atom. The van der Waals surface area contributed by atoms with Gasteiger partial charge in [-0.1, -0.05) is 0 Å². The molecule has 1 aliphatic heterocycles. The van der Waals surface area contributed by atoms with Crippen LogP contribution in [-0.2, 0) is 16.1 Å². The van der Waals surface area contributed by atoms with Crippen molar-refractivity contribution in [1.29, 1.82) is 0 Å². The number of nitro groups is 1. The molecule has 1 aromatic rings. The Morgan fingerprint density at radius 2 is 2.05 bits per heavy atom. The second-order valence-corrected chi connectivity index (χ2v) is 5.27. The minimum absolute atomic E-state index is 0.0218. The number of carbonyl (C=O) groups is 1. The summed E-state index contributed by atoms with van der Waals surface area (Å²) in [5.74, 6) is -0.588. The number of quaternary nitrogens is 1. The number of benzene rings is 1. The fourth-order valence-electron chi connectivity index (χ4n) is 2.56. The van der Waals surface area contributed by atoms with Crippen LogP contribution in [-0.4, -0.2) is 40.7 Å². The second-order valence-electron chi connectivity index (χ2n) is 5.27. The lowest BCUT2D eigenvalue weighted by atomic mass is 10.1. The Bertz CT molecular complexity index is 604. The lowest BCUT2D eigenvalue weighted by Gasteiger charge is -2.37. The van der Waals surface area contributed by atoms with Gasteiger partial charge in [-0.25, -0.2) is 4.79 Å². The number of aliphatic hydroxyl groups excluding tert-OH is 1. The van der Waals surface area contributed by atoms with Gasteiger partial charge in [-0.2, -0.15) is 0 Å². The molecular weight excluding hydrogens is 276 g/mol. The minimum atomic E-state index is -0.523. The molecule has 7 nitrogen and oxygen atoms in total. The van der Waals surface area contributed by atoms with E-state index in [0.29, 0.717) is 13.1 Å². The first-order valence-corrected chi connectivity index (χ1v) is 6.49. The quantitative estimate of drug-likeness (QED) is 0.229. The van der Waals surface area contributed by atoms with Crippen LogP contribution in [0, 0.1) is 10.1 Å². The third kappa shape index (κ3) is 3.03. The van der Waals surface area contributed by atoms with E-state index >= 15 is 0 Å². The topological polar surface area (TPSA) is 89.7 Å². The molecule has 1 saturated heterocycles. The van der Waals surface area contributed by atoms with Crippen LogP contribution in [0.5, 0.6) is 0 Å². The molecule has 21 heavy (non-hydrogen) atoms. The summed E-state index contributed by atoms with van der Waals surface area (Å²) in [5.41, 5.74) is 1.09. The third-order valence-electron chi connectivity index (χ3n) is 3.57. The number of nitro benzene ring substituents is 1. The van der Waals surface area contributed by atoms with Crippen LogP contribution in [0.2, 0.25) is 0 Å². The average Bonchev–Trinajstić information content (AvgIpc) is 2.38. The summed E-state index contributed by atoms with van der Waals surface area (Å²) in [6, 6.07) is 6.18. The number of esters is 1. The van der Waals surface area contributed by atoms with Gasteiger partial charge in [-0.05, 0) is 19.1 Å². The van der Waals surface area contributed by atoms with Crippen molar-refractivity contribution >= 4 is 11.7 Å². The van der Waals surface area contributed by atoms with Gasteiger partial charge in [0.05, 0.1) is 12.0 Å². The number of non-ortho nitro benzene ring substituents is 1. The van der Waals surface area contributed by atoms with Crippen molar-refractivity contribution in [3.05, 3.63) is 51.4 Å². The Balaban J connectivity index is 2.29. The van der Waals surface area contributed by atoms with Crippen LogP contribution in [0.15, 0.2) is 35.7 Å². The molecule has 2 rings (SSSR count). The molecule has 1 fully saturated rings. The van der Waals surface area contributed by atoms with E-state index < -0.39 is 10.9 Å². The van der Waals surface area contributed by atoms with Gasteiger partial charge in [-0.15, -0.1) is 0 Å². The number of cyclic esters (lactones) is 1. The molecule has 1 N–H and O–H groups in total. The van der Waals surface area contributed by atoms with Gasteiger partial charge in [0.15, 0.2) is 5.76 Å². The molecule has 112 valence electrons. The van der Waals surface area contributed by atoms with Crippen LogP contribution >= 0.6 is 0 Å². The SMILES string of the molecule is C/C(O)=C1\C(=O)OCC[N+]1(C)Cc1ccc([N+](=O)[O-])cc1. The van der Waals surface area contributed by atoms with Gasteiger partial charge in [-0.3, -0.25) is 14.6 Å². The number of morpholine rings is 1. The van der Waals surface area contributed by atoms with Gasteiger partial charge in [0, 0.05) is 17.7 Å². The summed E-state index contributed by atoms with van der Waals surface area (Å²) < 4.78 is 5.18. The molecule has 1 aliphatic rings. The fraction of sp³-hybridized carbons (Fsp3) is 0.357. The second kappa shape index (κ2) is 5.53. The zero-order valence-corrected chi connectivity index (χ0v) is 11.9. The molecule has 0 amide bonds. The van der Waals surface area contributed by atoms with Gasteiger partial charge < -0.3 is 9.84 Å². The van der Waals surface area contributed by atoms with Crippen LogP contribution in [0.1, 0.15) is 12.5 Å². The Labute approximate surface area is 121 Å². The van der Waals surface area contributed by atoms with E-state index in [1.165, 1.54) is 19.1 Å². The summed E-state index contributed by atoms with van der Waals surface area (Å²) in [7, 11) is 1.83. The lowest BCUT2D eigenvalue weighted by Crippen LogP contribution is -2.51. The number of ether oxygens (including phenoxy) is 1. The highest BCUT2D eigenvalue weighted by atomic mass is 16.6. The molecule has 1 aromatic carbocycles. The largest absolute Gasteiger partial charge is 0.506 e. The van der Waals surface area contributed by atoms with Crippen molar-refractivity contribution in [2.75, 3.05) is 20.2 Å². The molecule has 0 aliphatic carbocycles. The van der Waals surface area contributed by atoms with Gasteiger partial charge >= 0.3 is 5.97 Å². The predicted molar refractivity (Wildman–Crippen MR) is 74.1 cm³/mol. The van der Waals surface area contributed by atoms with Crippen molar-refractivity contribution in [1.82, 2.24) is 0 Å². The molecular formula is C14H17N2O5+. The van der Waals surface area contributed by atoms with Gasteiger partial charge in [0.2, 0.25) is 0 Å². The zero-order valence-electron chi connectivity index (χ0n) is 11.9. The molecule has 7 heteroatoms. The van der Waals surface area contributed by atoms with E-state index in [2.05, 4.69) is 0 Å². The third-order valence-corrected chi connectivity index (χ3v) is 3.57. The van der Waals surface area contributed by atoms with Crippen molar-refractivity contribution in [3.8, 4) is 0 Å². The molecule has 0 aromatic heterocycles. The maximum Gasteiger partial charge on any atom is 0.396 e. The van der Waals surface area contributed by atoms with Crippen LogP contribution < -0.4 is 0 Å². The smallest absolute Gasteiger partial charge is 0.396 e. The monoisotopic (exact) mass is 293 g/mol. The maximum absolute atomic E-state index is 11.8. The highest BCUT2D eigenvalue weighted by Gasteiger charge is 2.40. The summed E-state index contributed by atoms with van der Waals surface area (Å²) in [6.45, 7) is 2.71. The maximum atomic E-state index is 11.8. The van der Waals surface area contributed by atoms with Crippen LogP contribution in [0.4, 0.5) is 5.69 Å². The highest BCUT2D eigenvalue weighted by Crippen LogP contribution is 2.27. The Kier molecular flexibility index (Phi) is 3.95. The number of hydrogen-bond donors (Lipinski definition) is 1. The normalized spacial score (nSPS) is 24.4. The van der Waals surface area contributed by atoms with E-state index in [9.17, 15) is 20.0 Å². The number of nitrogens with zero attached hydrogens (tertiary/aromatic N) is 2. The van der Waals surface area contributed by atoms with E-state index in [-0.39, 0.29) is 28.2 Å². The molecule has 1 unspecified atom stereocenters. The first-order chi connectivity index (χ1) is 9.83. The van der Waals surface area contributed by atoms with Gasteiger partial charge in [0.1, 0.15) is 19.7 Å². The van der Waals surface area contributed by atoms with E-state index in [1.54, 1.807) is 12.1 Å². The predicted octanol–water partition coefficient (Wildman–Crippen LogP) is 1.89. The molecule has 0 spiro atoms. The first kappa shape index (κ1) is 15.0. The number of rotatable bonds is 3. The summed E-state index contributed by atoms with van der Waals surface area (Å²) in [5, 5.41) is 20.4. The standard InChI is InChI=1S/C14H16N2O5/c1-10(17)13-14(18)21-8-7-16(13,2)9-11-3-5-12(6-4-11)15(19)20/h3-6H,7-9H2,1-2H3/p+1. The summed E-state index contributed by atoms with van der Waals surface area (Å²) in [6.07, 6.45) is 0. The molecule has 0 radical (unpaired) electrons. The number of aliphatic hydroxyl groups is 1. The van der Waals surface area contributed by atoms with E-state index in [4.69, 9.17) is 4.74 Å². The Hall–Kier alpha value is -2.41. The molecule has 0 bridgehead atoms. The van der Waals surface area contributed by atoms with E-state index in [1.807, 2.05) is 7.05 Å². The molecule has 0 saturated carbocycles. The van der Waals surface area contributed by atoms with Crippen molar-refractivity contribution in [2.24, 2.45) is 0 Å². The molecule has 1 heterocycles. The highest BCUT2D eigenvalue weighted by molar-refractivity contribution is 5.86. The van der Waals surface area contributed by atoms with Gasteiger partial charge in [0.25, 0.3) is 11.4 Å². The van der Waals surface area contributed by atoms with Crippen molar-refractivity contribution in [2.45, 2.75) is 13.5 Å². The number of allylic oxidation sites excluding steroid dienone is 1. The van der Waals surface area contributed by atoms with Crippen molar-refractivity contribution in [3.63, 3.8) is 0 Å². The number of hydrogen-bond acceptors (Lipinski definition) is 5. The average molecular weight is 293 g/mol. The zero-order chi connectivity index (χ0) is 15.6. The van der Waals surface area contributed by atoms with Crippen LogP contribution in [0.3, 0.4) is 0 Å². The molecule has 1 atom stereocenters. The van der Waals surface area contributed by atoms with Crippen LogP contribution in [0.25, 0.3) is 0 Å². The Morgan fingerprint density at radius 1 is 1.43 bits per heavy atom. The fourth-order valence-corrected chi connectivity index (χ4v) is 2.56. The number of carbonyl (C=O) groups excluding carboxylic acids is 1. The van der Waals surface area contributed by atoms with E-state index in [0.717, 1.165) is 5.56 Å². The minimum Gasteiger partial charge on any atom is -0.506 e. The lowest BCUT2D eigenvalue weighted by molar-refractivity contribution is -0.887. The number of likely N-dealkylation sites (N-methyl/N-ethyl adjacent to an activating group) is 1. The first-order valence-electron chi connectivity index (χ1n) is 6.49. The summed E-state index contributed by atoms with van der Waals surface area (Å²) in [4.78, 5) is 22.0. The van der Waals surface area contributed by atoms with Crippen molar-refractivity contribution < 1.29 is 24.0 Å².